The molecule has 2 heteroatoms. The Kier molecular flexibility index (Phi) is 12.7. The fourth-order valence-corrected chi connectivity index (χ4v) is 3.15. The lowest BCUT2D eigenvalue weighted by atomic mass is 10.0. The van der Waals surface area contributed by atoms with Crippen molar-refractivity contribution in [3.8, 4) is 0 Å². The molecular weight excluding hydrogens is 256 g/mol. The van der Waals surface area contributed by atoms with Gasteiger partial charge in [0, 0.05) is 0 Å². The first kappa shape index (κ1) is 18.5. The summed E-state index contributed by atoms with van der Waals surface area (Å²) in [5.74, 6) is 0. The van der Waals surface area contributed by atoms with Crippen molar-refractivity contribution in [1.29, 1.82) is 0 Å². The molecule has 21 heavy (non-hydrogen) atoms. The van der Waals surface area contributed by atoms with Crippen molar-refractivity contribution < 1.29 is 4.58 Å². The van der Waals surface area contributed by atoms with E-state index in [4.69, 9.17) is 0 Å². The second-order valence-electron chi connectivity index (χ2n) is 6.72. The van der Waals surface area contributed by atoms with Gasteiger partial charge in [0.25, 0.3) is 0 Å². The summed E-state index contributed by atoms with van der Waals surface area (Å²) in [5.41, 5.74) is 0. The molecule has 0 bridgehead atoms. The van der Waals surface area contributed by atoms with Gasteiger partial charge in [-0.1, -0.05) is 84.0 Å². The van der Waals surface area contributed by atoms with E-state index in [-0.39, 0.29) is 0 Å². The standard InChI is InChI=1S/C19H38N2/c1-2-3-4-5-6-7-8-9-10-11-12-13-14-15-17-21-18-16-20-19-21/h19H,2-18H2,1H3/p+1. The van der Waals surface area contributed by atoms with Crippen LogP contribution in [0, 0.1) is 0 Å². The first-order valence-electron chi connectivity index (χ1n) is 9.74. The number of hydrogen-bond acceptors (Lipinski definition) is 1. The number of nitrogens with one attached hydrogen (secondary N) is 1. The van der Waals surface area contributed by atoms with Crippen LogP contribution in [0.25, 0.3) is 0 Å². The summed E-state index contributed by atoms with van der Waals surface area (Å²) in [6.45, 7) is 5.89. The second kappa shape index (κ2) is 14.4. The molecule has 0 aromatic carbocycles. The van der Waals surface area contributed by atoms with Crippen molar-refractivity contribution in [2.45, 2.75) is 96.8 Å². The van der Waals surface area contributed by atoms with Crippen molar-refractivity contribution >= 4 is 6.34 Å². The second-order valence-corrected chi connectivity index (χ2v) is 6.72. The molecule has 0 unspecified atom stereocenters. The van der Waals surface area contributed by atoms with Gasteiger partial charge in [0.2, 0.25) is 6.34 Å². The Labute approximate surface area is 133 Å². The third-order valence-electron chi connectivity index (χ3n) is 4.62. The third kappa shape index (κ3) is 11.8. The van der Waals surface area contributed by atoms with Gasteiger partial charge in [-0.05, 0) is 12.8 Å². The van der Waals surface area contributed by atoms with Crippen LogP contribution in [0.2, 0.25) is 0 Å². The molecule has 124 valence electrons. The van der Waals surface area contributed by atoms with E-state index in [0.29, 0.717) is 0 Å². The lowest BCUT2D eigenvalue weighted by Gasteiger charge is -2.03. The van der Waals surface area contributed by atoms with Crippen molar-refractivity contribution in [3.63, 3.8) is 0 Å². The highest BCUT2D eigenvalue weighted by atomic mass is 15.1. The zero-order chi connectivity index (χ0) is 15.0. The molecule has 1 aliphatic rings. The SMILES string of the molecule is CCCCCCCCCCCCCCCC[N+]1=CNCC1. The van der Waals surface area contributed by atoms with E-state index in [1.807, 2.05) is 0 Å². The highest BCUT2D eigenvalue weighted by molar-refractivity contribution is 5.49. The van der Waals surface area contributed by atoms with Crippen LogP contribution in [0.3, 0.4) is 0 Å². The quantitative estimate of drug-likeness (QED) is 0.328. The minimum absolute atomic E-state index is 1.14. The topological polar surface area (TPSA) is 15.0 Å². The Hall–Kier alpha value is -0.530. The largest absolute Gasteiger partial charge is 0.277 e. The lowest BCUT2D eigenvalue weighted by molar-refractivity contribution is -0.514. The summed E-state index contributed by atoms with van der Waals surface area (Å²) in [4.78, 5) is 0. The van der Waals surface area contributed by atoms with E-state index in [0.717, 1.165) is 6.54 Å². The molecule has 1 rings (SSSR count). The molecule has 0 radical (unpaired) electrons. The van der Waals surface area contributed by atoms with E-state index < -0.39 is 0 Å². The maximum atomic E-state index is 3.27. The lowest BCUT2D eigenvalue weighted by Crippen LogP contribution is -2.11. The van der Waals surface area contributed by atoms with Gasteiger partial charge in [-0.3, -0.25) is 9.89 Å². The van der Waals surface area contributed by atoms with Crippen molar-refractivity contribution in [2.75, 3.05) is 19.6 Å². The van der Waals surface area contributed by atoms with Crippen molar-refractivity contribution in [2.24, 2.45) is 0 Å². The molecule has 1 heterocycles. The third-order valence-corrected chi connectivity index (χ3v) is 4.62. The maximum absolute atomic E-state index is 3.27. The van der Waals surface area contributed by atoms with Crippen molar-refractivity contribution in [1.82, 2.24) is 5.32 Å². The zero-order valence-electron chi connectivity index (χ0n) is 14.5. The first-order chi connectivity index (χ1) is 10.4. The van der Waals surface area contributed by atoms with Crippen LogP contribution >= 0.6 is 0 Å². The molecule has 1 aliphatic heterocycles. The number of nitrogens with zero attached hydrogens (tertiary/aromatic N) is 1. The first-order valence-corrected chi connectivity index (χ1v) is 9.74. The molecule has 0 saturated carbocycles. The Morgan fingerprint density at radius 1 is 0.714 bits per heavy atom. The van der Waals surface area contributed by atoms with Crippen LogP contribution in [-0.4, -0.2) is 30.5 Å². The molecule has 2 nitrogen and oxygen atoms in total. The normalized spacial score (nSPS) is 14.2. The smallest absolute Gasteiger partial charge is 0.232 e. The Morgan fingerprint density at radius 2 is 1.19 bits per heavy atom. The Bertz CT molecular complexity index is 248. The van der Waals surface area contributed by atoms with Gasteiger partial charge < -0.3 is 0 Å². The highest BCUT2D eigenvalue weighted by Crippen LogP contribution is 2.12. The van der Waals surface area contributed by atoms with Gasteiger partial charge in [-0.15, -0.1) is 0 Å². The average molecular weight is 296 g/mol. The molecule has 0 spiro atoms. The van der Waals surface area contributed by atoms with E-state index in [9.17, 15) is 0 Å². The predicted octanol–water partition coefficient (Wildman–Crippen LogP) is 5.11. The van der Waals surface area contributed by atoms with E-state index in [1.54, 1.807) is 0 Å². The summed E-state index contributed by atoms with van der Waals surface area (Å²) < 4.78 is 2.42. The van der Waals surface area contributed by atoms with Gasteiger partial charge in [0.05, 0.1) is 6.54 Å². The van der Waals surface area contributed by atoms with E-state index in [2.05, 4.69) is 23.2 Å². The van der Waals surface area contributed by atoms with Gasteiger partial charge in [-0.2, -0.15) is 0 Å². The van der Waals surface area contributed by atoms with E-state index in [1.165, 1.54) is 103 Å². The summed E-state index contributed by atoms with van der Waals surface area (Å²) in [6, 6.07) is 0. The molecule has 0 aromatic heterocycles. The Morgan fingerprint density at radius 3 is 1.62 bits per heavy atom. The number of unbranched alkanes of at least 4 members (excludes halogenated alkanes) is 13. The number of rotatable bonds is 15. The van der Waals surface area contributed by atoms with Gasteiger partial charge in [0.15, 0.2) is 0 Å². The molecule has 1 N–H and O–H groups in total. The monoisotopic (exact) mass is 295 g/mol. The summed E-state index contributed by atoms with van der Waals surface area (Å²) in [7, 11) is 0. The molecule has 0 fully saturated rings. The predicted molar refractivity (Wildman–Crippen MR) is 94.4 cm³/mol. The molecule has 0 amide bonds. The van der Waals surface area contributed by atoms with Crippen LogP contribution in [0.1, 0.15) is 96.8 Å². The highest BCUT2D eigenvalue weighted by Gasteiger charge is 2.06. The molecule has 0 aliphatic carbocycles. The maximum Gasteiger partial charge on any atom is 0.232 e. The van der Waals surface area contributed by atoms with Crippen LogP contribution in [0.15, 0.2) is 0 Å². The number of hydrogen-bond donors (Lipinski definition) is 1. The van der Waals surface area contributed by atoms with Crippen LogP contribution in [0.4, 0.5) is 0 Å². The molecule has 0 saturated heterocycles. The molecular formula is C19H39N2+. The van der Waals surface area contributed by atoms with Gasteiger partial charge >= 0.3 is 0 Å². The Balaban J connectivity index is 1.67. The average Bonchev–Trinajstić information content (AvgIpc) is 3.01. The summed E-state index contributed by atoms with van der Waals surface area (Å²) >= 11 is 0. The summed E-state index contributed by atoms with van der Waals surface area (Å²) in [5, 5.41) is 3.27. The minimum Gasteiger partial charge on any atom is -0.277 e. The van der Waals surface area contributed by atoms with Crippen molar-refractivity contribution in [3.05, 3.63) is 0 Å². The molecule has 0 aromatic rings. The minimum atomic E-state index is 1.14. The fraction of sp³-hybridized carbons (Fsp3) is 0.947. The molecule has 0 atom stereocenters. The van der Waals surface area contributed by atoms with Crippen LogP contribution in [0.5, 0.6) is 0 Å². The fourth-order valence-electron chi connectivity index (χ4n) is 3.15. The van der Waals surface area contributed by atoms with E-state index >= 15 is 0 Å². The van der Waals surface area contributed by atoms with Crippen LogP contribution < -0.4 is 5.32 Å². The van der Waals surface area contributed by atoms with Crippen LogP contribution in [-0.2, 0) is 0 Å². The van der Waals surface area contributed by atoms with Gasteiger partial charge in [0.1, 0.15) is 13.1 Å². The van der Waals surface area contributed by atoms with Gasteiger partial charge in [-0.25, -0.2) is 0 Å². The zero-order valence-corrected chi connectivity index (χ0v) is 14.5. The summed E-state index contributed by atoms with van der Waals surface area (Å²) in [6.07, 6.45) is 22.4.